The van der Waals surface area contributed by atoms with Crippen molar-refractivity contribution in [3.8, 4) is 0 Å². The molecule has 0 aliphatic carbocycles. The fourth-order valence-corrected chi connectivity index (χ4v) is 2.86. The van der Waals surface area contributed by atoms with Gasteiger partial charge in [-0.05, 0) is 6.92 Å². The second-order valence-corrected chi connectivity index (χ2v) is 5.90. The van der Waals surface area contributed by atoms with E-state index in [1.807, 2.05) is 0 Å². The van der Waals surface area contributed by atoms with Crippen LogP contribution >= 0.6 is 0 Å². The zero-order chi connectivity index (χ0) is 14.2. The van der Waals surface area contributed by atoms with Gasteiger partial charge < -0.3 is 0 Å². The van der Waals surface area contributed by atoms with Crippen molar-refractivity contribution in [3.05, 3.63) is 22.1 Å². The number of aryl methyl sites for hydroxylation is 1. The number of H-pyrrole nitrogens is 1. The third-order valence-electron chi connectivity index (χ3n) is 2.75. The zero-order valence-electron chi connectivity index (χ0n) is 10.1. The summed E-state index contributed by atoms with van der Waals surface area (Å²) in [5.41, 5.74) is 0.0324. The summed E-state index contributed by atoms with van der Waals surface area (Å²) < 4.78 is 33.7. The van der Waals surface area contributed by atoms with E-state index in [1.54, 1.807) is 6.92 Å². The van der Waals surface area contributed by atoms with Crippen molar-refractivity contribution in [1.82, 2.24) is 9.97 Å². The fraction of sp³-hybridized carbons (Fsp3) is 0.500. The largest absolute Gasteiger partial charge is 0.302 e. The number of hydrogen-bond donors (Lipinski definition) is 1. The first-order valence-electron chi connectivity index (χ1n) is 5.55. The first-order chi connectivity index (χ1) is 8.74. The molecule has 1 atom stereocenters. The molecule has 1 fully saturated rings. The maximum absolute atomic E-state index is 12.6. The van der Waals surface area contributed by atoms with Gasteiger partial charge in [-0.25, -0.2) is 4.98 Å². The van der Waals surface area contributed by atoms with Gasteiger partial charge in [0.05, 0.1) is 5.75 Å². The normalized spacial score (nSPS) is 20.0. The maximum Gasteiger partial charge on any atom is 0.302 e. The monoisotopic (exact) mass is 289 g/mol. The van der Waals surface area contributed by atoms with Crippen molar-refractivity contribution in [3.63, 3.8) is 0 Å². The van der Waals surface area contributed by atoms with Gasteiger partial charge in [-0.15, -0.1) is 3.89 Å². The second kappa shape index (κ2) is 4.72. The third kappa shape index (κ3) is 3.37. The molecule has 2 heterocycles. The molecule has 2 rings (SSSR count). The number of halogens is 1. The van der Waals surface area contributed by atoms with E-state index in [4.69, 9.17) is 0 Å². The summed E-state index contributed by atoms with van der Waals surface area (Å²) in [6.45, 7) is 1.62. The Bertz CT molecular complexity index is 670. The van der Waals surface area contributed by atoms with Crippen molar-refractivity contribution in [2.24, 2.45) is 5.92 Å². The Hall–Kier alpha value is -1.77. The number of nitrogens with zero attached hydrogens (tertiary/aromatic N) is 2. The van der Waals surface area contributed by atoms with Gasteiger partial charge in [0.15, 0.2) is 0 Å². The summed E-state index contributed by atoms with van der Waals surface area (Å²) in [7, 11) is -4.62. The van der Waals surface area contributed by atoms with E-state index in [-0.39, 0.29) is 24.8 Å². The average molecular weight is 289 g/mol. The van der Waals surface area contributed by atoms with Crippen LogP contribution in [0.1, 0.15) is 12.1 Å². The molecule has 1 aliphatic heterocycles. The van der Waals surface area contributed by atoms with Gasteiger partial charge in [-0.1, -0.05) is 0 Å². The van der Waals surface area contributed by atoms with Gasteiger partial charge in [-0.2, -0.15) is 8.42 Å². The summed E-state index contributed by atoms with van der Waals surface area (Å²) in [6.07, 6.45) is -0.0825. The van der Waals surface area contributed by atoms with E-state index < -0.39 is 27.5 Å². The molecule has 0 bridgehead atoms. The van der Waals surface area contributed by atoms with Crippen LogP contribution in [0.15, 0.2) is 10.9 Å². The Morgan fingerprint density at radius 1 is 1.53 bits per heavy atom. The van der Waals surface area contributed by atoms with Gasteiger partial charge in [0.2, 0.25) is 11.9 Å². The van der Waals surface area contributed by atoms with Crippen LogP contribution < -0.4 is 10.5 Å². The van der Waals surface area contributed by atoms with Crippen molar-refractivity contribution < 1.29 is 17.1 Å². The van der Waals surface area contributed by atoms with E-state index in [0.29, 0.717) is 5.69 Å². The first-order valence-corrected chi connectivity index (χ1v) is 7.10. The van der Waals surface area contributed by atoms with Gasteiger partial charge >= 0.3 is 10.2 Å². The highest BCUT2D eigenvalue weighted by Crippen LogP contribution is 2.23. The van der Waals surface area contributed by atoms with Crippen LogP contribution in [-0.2, 0) is 15.0 Å². The van der Waals surface area contributed by atoms with Gasteiger partial charge in [0.1, 0.15) is 0 Å². The summed E-state index contributed by atoms with van der Waals surface area (Å²) in [5, 5.41) is 0. The summed E-state index contributed by atoms with van der Waals surface area (Å²) in [5.74, 6) is -1.66. The molecule has 1 unspecified atom stereocenters. The molecule has 0 spiro atoms. The number of nitrogens with one attached hydrogen (secondary N) is 1. The lowest BCUT2D eigenvalue weighted by Crippen LogP contribution is -2.29. The van der Waals surface area contributed by atoms with E-state index in [9.17, 15) is 21.9 Å². The lowest BCUT2D eigenvalue weighted by Gasteiger charge is -2.14. The van der Waals surface area contributed by atoms with Gasteiger partial charge in [0.25, 0.3) is 5.56 Å². The van der Waals surface area contributed by atoms with Crippen LogP contribution in [0.25, 0.3) is 0 Å². The second-order valence-electron chi connectivity index (χ2n) is 4.49. The molecule has 0 radical (unpaired) electrons. The number of amides is 1. The highest BCUT2D eigenvalue weighted by atomic mass is 32.3. The molecule has 1 aromatic rings. The number of hydrogen-bond acceptors (Lipinski definition) is 5. The molecule has 1 aromatic heterocycles. The quantitative estimate of drug-likeness (QED) is 0.772. The smallest absolute Gasteiger partial charge is 0.292 e. The molecule has 0 saturated carbocycles. The van der Waals surface area contributed by atoms with Crippen LogP contribution in [0.3, 0.4) is 0 Å². The van der Waals surface area contributed by atoms with Gasteiger partial charge in [-0.3, -0.25) is 19.5 Å². The highest BCUT2D eigenvalue weighted by molar-refractivity contribution is 7.86. The fourth-order valence-electron chi connectivity index (χ4n) is 2.07. The van der Waals surface area contributed by atoms with Crippen LogP contribution in [0, 0.1) is 12.8 Å². The minimum Gasteiger partial charge on any atom is -0.292 e. The zero-order valence-corrected chi connectivity index (χ0v) is 10.9. The predicted molar refractivity (Wildman–Crippen MR) is 64.9 cm³/mol. The molecule has 1 amide bonds. The number of aromatic amines is 1. The summed E-state index contributed by atoms with van der Waals surface area (Å²) in [6, 6.07) is 1.27. The SMILES string of the molecule is Cc1cc(=O)[nH]c(N2CC(CS(=O)(=O)F)CC2=O)n1. The number of carbonyl (C=O) groups excluding carboxylic acids is 1. The predicted octanol–water partition coefficient (Wildman–Crippen LogP) is -0.269. The Morgan fingerprint density at radius 2 is 2.21 bits per heavy atom. The number of rotatable bonds is 3. The molecule has 1 aliphatic rings. The van der Waals surface area contributed by atoms with Crippen LogP contribution in [0.4, 0.5) is 9.83 Å². The lowest BCUT2D eigenvalue weighted by atomic mass is 10.1. The van der Waals surface area contributed by atoms with E-state index in [0.717, 1.165) is 0 Å². The molecular formula is C10H12FN3O4S. The summed E-state index contributed by atoms with van der Waals surface area (Å²) >= 11 is 0. The van der Waals surface area contributed by atoms with E-state index >= 15 is 0 Å². The van der Waals surface area contributed by atoms with Crippen LogP contribution in [-0.4, -0.2) is 36.6 Å². The molecule has 1 N–H and O–H groups in total. The Kier molecular flexibility index (Phi) is 3.40. The molecule has 1 saturated heterocycles. The topological polar surface area (TPSA) is 100 Å². The van der Waals surface area contributed by atoms with Crippen molar-refractivity contribution in [2.45, 2.75) is 13.3 Å². The molecule has 104 valence electrons. The van der Waals surface area contributed by atoms with Crippen LogP contribution in [0.5, 0.6) is 0 Å². The number of anilines is 1. The van der Waals surface area contributed by atoms with E-state index in [1.165, 1.54) is 11.0 Å². The highest BCUT2D eigenvalue weighted by Gasteiger charge is 2.34. The van der Waals surface area contributed by atoms with Crippen molar-refractivity contribution >= 4 is 22.1 Å². The molecule has 0 aromatic carbocycles. The minimum absolute atomic E-state index is 0.0222. The Balaban J connectivity index is 2.22. The molecule has 19 heavy (non-hydrogen) atoms. The molecule has 7 nitrogen and oxygen atoms in total. The molecular weight excluding hydrogens is 277 g/mol. The third-order valence-corrected chi connectivity index (χ3v) is 3.62. The van der Waals surface area contributed by atoms with Gasteiger partial charge in [0, 0.05) is 30.6 Å². The lowest BCUT2D eigenvalue weighted by molar-refractivity contribution is -0.117. The summed E-state index contributed by atoms with van der Waals surface area (Å²) in [4.78, 5) is 30.6. The van der Waals surface area contributed by atoms with Crippen molar-refractivity contribution in [2.75, 3.05) is 17.2 Å². The Morgan fingerprint density at radius 3 is 2.79 bits per heavy atom. The van der Waals surface area contributed by atoms with Crippen molar-refractivity contribution in [1.29, 1.82) is 0 Å². The maximum atomic E-state index is 12.6. The molecule has 9 heteroatoms. The average Bonchev–Trinajstić information content (AvgIpc) is 2.54. The van der Waals surface area contributed by atoms with Crippen LogP contribution in [0.2, 0.25) is 0 Å². The number of aromatic nitrogens is 2. The van der Waals surface area contributed by atoms with E-state index in [2.05, 4.69) is 9.97 Å². The first kappa shape index (κ1) is 13.7. The standard InChI is InChI=1S/C10H12FN3O4S/c1-6-2-8(15)13-10(12-6)14-4-7(3-9(14)16)5-19(11,17)18/h2,7H,3-5H2,1H3,(H,12,13,15). The Labute approximate surface area is 108 Å². The number of carbonyl (C=O) groups is 1. The minimum atomic E-state index is -4.62.